The van der Waals surface area contributed by atoms with Crippen LogP contribution in [-0.2, 0) is 11.3 Å². The van der Waals surface area contributed by atoms with Crippen molar-refractivity contribution in [3.8, 4) is 17.0 Å². The van der Waals surface area contributed by atoms with E-state index >= 15 is 0 Å². The van der Waals surface area contributed by atoms with Crippen molar-refractivity contribution in [1.82, 2.24) is 4.57 Å². The number of benzene rings is 2. The highest BCUT2D eigenvalue weighted by Crippen LogP contribution is 2.48. The molecule has 0 bridgehead atoms. The lowest BCUT2D eigenvalue weighted by molar-refractivity contribution is -0.146. The van der Waals surface area contributed by atoms with Crippen molar-refractivity contribution in [2.75, 3.05) is 0 Å². The van der Waals surface area contributed by atoms with Crippen LogP contribution in [0.1, 0.15) is 55.3 Å². The summed E-state index contributed by atoms with van der Waals surface area (Å²) < 4.78 is 17.0. The van der Waals surface area contributed by atoms with Crippen molar-refractivity contribution in [2.24, 2.45) is 0 Å². The standard InChI is InChI=1S/C24H23NO5/c26-23(27)17-12-11-16-19(14-7-3-1-4-8-14)20(15-9-5-2-6-10-15)25-13-18(24(28)29)30-22(17)21(16)25/h2,5-6,9-12,14,18H,1,3-4,7-8,13H2,(H,26,27)(H,28,29)/i14D. The number of carboxylic acids is 2. The van der Waals surface area contributed by atoms with Crippen molar-refractivity contribution < 1.29 is 25.9 Å². The van der Waals surface area contributed by atoms with Crippen LogP contribution >= 0.6 is 0 Å². The van der Waals surface area contributed by atoms with Gasteiger partial charge < -0.3 is 19.5 Å². The summed E-state index contributed by atoms with van der Waals surface area (Å²) in [5.41, 5.74) is 3.04. The Labute approximate surface area is 175 Å². The maximum atomic E-state index is 11.9. The molecule has 2 heterocycles. The van der Waals surface area contributed by atoms with Crippen LogP contribution in [0.15, 0.2) is 42.5 Å². The molecule has 2 aliphatic rings. The molecular formula is C24H23NO5. The first-order chi connectivity index (χ1) is 14.9. The average molecular weight is 406 g/mol. The lowest BCUT2D eigenvalue weighted by Gasteiger charge is -2.26. The van der Waals surface area contributed by atoms with Crippen LogP contribution in [0.3, 0.4) is 0 Å². The third-order valence-corrected chi connectivity index (χ3v) is 6.15. The third kappa shape index (κ3) is 2.86. The van der Waals surface area contributed by atoms with Crippen LogP contribution in [0.2, 0.25) is 0 Å². The summed E-state index contributed by atoms with van der Waals surface area (Å²) in [5, 5.41) is 20.2. The predicted octanol–water partition coefficient (Wildman–Crippen LogP) is 4.90. The third-order valence-electron chi connectivity index (χ3n) is 6.15. The number of aromatic carboxylic acids is 1. The molecule has 1 aliphatic carbocycles. The van der Waals surface area contributed by atoms with Gasteiger partial charge in [0.25, 0.3) is 0 Å². The molecule has 1 unspecified atom stereocenters. The minimum Gasteiger partial charge on any atom is -0.478 e. The van der Waals surface area contributed by atoms with Gasteiger partial charge >= 0.3 is 11.9 Å². The second-order valence-corrected chi connectivity index (χ2v) is 7.95. The van der Waals surface area contributed by atoms with E-state index < -0.39 is 23.9 Å². The van der Waals surface area contributed by atoms with Gasteiger partial charge in [-0.05, 0) is 35.9 Å². The topological polar surface area (TPSA) is 88.8 Å². The van der Waals surface area contributed by atoms with Gasteiger partial charge in [0.2, 0.25) is 6.10 Å². The molecule has 1 saturated carbocycles. The summed E-state index contributed by atoms with van der Waals surface area (Å²) in [5.74, 6) is -3.06. The highest BCUT2D eigenvalue weighted by atomic mass is 16.5. The van der Waals surface area contributed by atoms with Gasteiger partial charge in [0, 0.05) is 6.76 Å². The molecule has 1 atom stereocenters. The van der Waals surface area contributed by atoms with Crippen LogP contribution < -0.4 is 4.74 Å². The maximum Gasteiger partial charge on any atom is 0.346 e. The van der Waals surface area contributed by atoms with E-state index in [-0.39, 0.29) is 17.9 Å². The Bertz CT molecular complexity index is 1190. The first-order valence-corrected chi connectivity index (χ1v) is 10.3. The van der Waals surface area contributed by atoms with Crippen LogP contribution in [0, 0.1) is 0 Å². The Hall–Kier alpha value is -3.28. The number of carboxylic acid groups (broad SMARTS) is 2. The Morgan fingerprint density at radius 1 is 1.03 bits per heavy atom. The van der Waals surface area contributed by atoms with Crippen molar-refractivity contribution in [2.45, 2.75) is 50.6 Å². The molecule has 1 aromatic heterocycles. The predicted molar refractivity (Wildman–Crippen MR) is 112 cm³/mol. The van der Waals surface area contributed by atoms with Gasteiger partial charge in [0.05, 0.1) is 17.8 Å². The van der Waals surface area contributed by atoms with E-state index in [9.17, 15) is 21.2 Å². The number of carbonyl (C=O) groups is 2. The van der Waals surface area contributed by atoms with Crippen molar-refractivity contribution in [3.05, 3.63) is 53.6 Å². The molecule has 0 radical (unpaired) electrons. The number of hydrogen-bond acceptors (Lipinski definition) is 3. The molecule has 6 heteroatoms. The number of nitrogens with zero attached hydrogens (tertiary/aromatic N) is 1. The largest absolute Gasteiger partial charge is 0.478 e. The average Bonchev–Trinajstić information content (AvgIpc) is 3.11. The maximum absolute atomic E-state index is 11.9. The highest BCUT2D eigenvalue weighted by molar-refractivity contribution is 6.04. The van der Waals surface area contributed by atoms with Gasteiger partial charge in [-0.1, -0.05) is 55.7 Å². The molecule has 154 valence electrons. The second kappa shape index (κ2) is 7.20. The van der Waals surface area contributed by atoms with Crippen LogP contribution in [-0.4, -0.2) is 32.8 Å². The van der Waals surface area contributed by atoms with Gasteiger partial charge in [-0.25, -0.2) is 9.59 Å². The highest BCUT2D eigenvalue weighted by Gasteiger charge is 2.36. The number of ether oxygens (including phenoxy) is 1. The molecule has 1 aliphatic heterocycles. The molecule has 0 saturated heterocycles. The summed E-state index contributed by atoms with van der Waals surface area (Å²) in [4.78, 5) is 23.7. The summed E-state index contributed by atoms with van der Waals surface area (Å²) in [7, 11) is 0. The quantitative estimate of drug-likeness (QED) is 0.643. The van der Waals surface area contributed by atoms with E-state index in [1.54, 1.807) is 6.07 Å². The fourth-order valence-electron chi connectivity index (χ4n) is 4.84. The molecule has 2 aromatic carbocycles. The summed E-state index contributed by atoms with van der Waals surface area (Å²) in [6.07, 6.45) is 3.23. The van der Waals surface area contributed by atoms with Crippen molar-refractivity contribution in [1.29, 1.82) is 0 Å². The van der Waals surface area contributed by atoms with E-state index in [0.717, 1.165) is 41.5 Å². The van der Waals surface area contributed by atoms with Gasteiger partial charge in [-0.3, -0.25) is 0 Å². The van der Waals surface area contributed by atoms with E-state index in [4.69, 9.17) is 4.74 Å². The molecule has 0 spiro atoms. The molecular weight excluding hydrogens is 382 g/mol. The first kappa shape index (κ1) is 17.6. The fourth-order valence-corrected chi connectivity index (χ4v) is 4.84. The van der Waals surface area contributed by atoms with Crippen molar-refractivity contribution >= 4 is 22.8 Å². The zero-order chi connectivity index (χ0) is 21.8. The molecule has 3 aromatic rings. The molecule has 1 fully saturated rings. The second-order valence-electron chi connectivity index (χ2n) is 7.95. The summed E-state index contributed by atoms with van der Waals surface area (Å²) >= 11 is 0. The first-order valence-electron chi connectivity index (χ1n) is 10.8. The Morgan fingerprint density at radius 3 is 2.43 bits per heavy atom. The van der Waals surface area contributed by atoms with Crippen molar-refractivity contribution in [3.63, 3.8) is 0 Å². The number of rotatable bonds is 4. The van der Waals surface area contributed by atoms with Crippen LogP contribution in [0.5, 0.6) is 5.75 Å². The minimum atomic E-state index is -1.20. The van der Waals surface area contributed by atoms with E-state index in [0.29, 0.717) is 18.4 Å². The van der Waals surface area contributed by atoms with E-state index in [2.05, 4.69) is 0 Å². The number of hydrogen-bond donors (Lipinski definition) is 2. The summed E-state index contributed by atoms with van der Waals surface area (Å²) in [6, 6.07) is 12.9. The van der Waals surface area contributed by atoms with Crippen LogP contribution in [0.25, 0.3) is 22.2 Å². The van der Waals surface area contributed by atoms with Crippen LogP contribution in [0.4, 0.5) is 0 Å². The van der Waals surface area contributed by atoms with Gasteiger partial charge in [-0.15, -0.1) is 0 Å². The zero-order valence-corrected chi connectivity index (χ0v) is 16.4. The normalized spacial score (nSPS) is 20.4. The molecule has 6 nitrogen and oxygen atoms in total. The Morgan fingerprint density at radius 2 is 1.77 bits per heavy atom. The molecule has 2 N–H and O–H groups in total. The zero-order valence-electron chi connectivity index (χ0n) is 17.4. The fraction of sp³-hybridized carbons (Fsp3) is 0.333. The van der Waals surface area contributed by atoms with Gasteiger partial charge in [0.1, 0.15) is 5.56 Å². The molecule has 30 heavy (non-hydrogen) atoms. The van der Waals surface area contributed by atoms with E-state index in [1.165, 1.54) is 6.07 Å². The number of aliphatic carboxylic acids is 1. The van der Waals surface area contributed by atoms with E-state index in [1.807, 2.05) is 34.9 Å². The monoisotopic (exact) mass is 406 g/mol. The minimum absolute atomic E-state index is 0.0578. The lowest BCUT2D eigenvalue weighted by atomic mass is 9.81. The van der Waals surface area contributed by atoms with Gasteiger partial charge in [-0.2, -0.15) is 0 Å². The Balaban J connectivity index is 1.90. The smallest absolute Gasteiger partial charge is 0.346 e. The number of aromatic nitrogens is 1. The summed E-state index contributed by atoms with van der Waals surface area (Å²) in [6.45, 7) is 0.0578. The SMILES string of the molecule is [2H]C1(c2c(-c3ccccc3)n3c4c(c(C(=O)O)ccc24)OC(C(=O)O)C3)CCCCC1. The van der Waals surface area contributed by atoms with Gasteiger partial charge in [0.15, 0.2) is 5.75 Å². The lowest BCUT2D eigenvalue weighted by Crippen LogP contribution is -2.35. The molecule has 5 rings (SSSR count). The Kier molecular flexibility index (Phi) is 4.22. The molecule has 0 amide bonds.